The molecule has 1 saturated heterocycles. The molecule has 0 aromatic heterocycles. The molecule has 0 radical (unpaired) electrons. The summed E-state index contributed by atoms with van der Waals surface area (Å²) in [5.74, 6) is 1.89. The Morgan fingerprint density at radius 1 is 0.587 bits per heavy atom. The van der Waals surface area contributed by atoms with Crippen molar-refractivity contribution in [3.8, 4) is 33.8 Å². The Labute approximate surface area is 279 Å². The fourth-order valence-corrected chi connectivity index (χ4v) is 26.7. The Morgan fingerprint density at radius 3 is 1.39 bits per heavy atom. The van der Waals surface area contributed by atoms with Gasteiger partial charge in [0.25, 0.3) is 0 Å². The third-order valence-corrected chi connectivity index (χ3v) is 26.4. The Kier molecular flexibility index (Phi) is 7.36. The van der Waals surface area contributed by atoms with Crippen molar-refractivity contribution in [2.24, 2.45) is 5.41 Å². The van der Waals surface area contributed by atoms with Crippen LogP contribution in [0.1, 0.15) is 83.0 Å². The van der Waals surface area contributed by atoms with Crippen molar-refractivity contribution < 1.29 is 29.4 Å². The SMILES string of the molecule is CC(C)Oc1ccc(-c2cccc3c2C=C2[CH]3[Hf]([CH3])([CH3])[CH]3C(=Cc4c(-c5ccc(OC(C)C)cc5)cccc43)C23CCCC3)cc1. The number of hydrogen-bond acceptors (Lipinski definition) is 2. The fourth-order valence-electron chi connectivity index (χ4n) is 9.60. The number of allylic oxidation sites excluding steroid dienone is 2. The van der Waals surface area contributed by atoms with Gasteiger partial charge in [0, 0.05) is 0 Å². The van der Waals surface area contributed by atoms with Crippen LogP contribution >= 0.6 is 0 Å². The van der Waals surface area contributed by atoms with Gasteiger partial charge in [0.2, 0.25) is 0 Å². The van der Waals surface area contributed by atoms with Crippen molar-refractivity contribution in [3.05, 3.63) is 118 Å². The van der Waals surface area contributed by atoms with Crippen LogP contribution in [0.5, 0.6) is 11.5 Å². The van der Waals surface area contributed by atoms with E-state index in [0.717, 1.165) is 11.5 Å². The van der Waals surface area contributed by atoms with E-state index in [0.29, 0.717) is 7.35 Å². The number of benzene rings is 4. The molecular weight excluding hydrogens is 727 g/mol. The van der Waals surface area contributed by atoms with Crippen molar-refractivity contribution in [1.29, 1.82) is 0 Å². The minimum atomic E-state index is -3.10. The molecule has 2 fully saturated rings. The van der Waals surface area contributed by atoms with E-state index in [9.17, 15) is 0 Å². The number of fused-ring (bicyclic) bond motifs is 8. The fraction of sp³-hybridized carbons (Fsp3) is 0.349. The topological polar surface area (TPSA) is 18.5 Å². The van der Waals surface area contributed by atoms with Gasteiger partial charge in [-0.1, -0.05) is 0 Å². The van der Waals surface area contributed by atoms with Crippen LogP contribution in [-0.4, -0.2) is 12.2 Å². The summed E-state index contributed by atoms with van der Waals surface area (Å²) in [5, 5.41) is 0. The average molecular weight is 773 g/mol. The molecule has 0 bridgehead atoms. The van der Waals surface area contributed by atoms with Gasteiger partial charge in [0.1, 0.15) is 0 Å². The molecule has 4 aromatic rings. The molecule has 2 unspecified atom stereocenters. The summed E-state index contributed by atoms with van der Waals surface area (Å²) in [5.41, 5.74) is 15.2. The molecule has 46 heavy (non-hydrogen) atoms. The predicted octanol–water partition coefficient (Wildman–Crippen LogP) is 12.0. The summed E-state index contributed by atoms with van der Waals surface area (Å²) >= 11 is -3.10. The van der Waals surface area contributed by atoms with Gasteiger partial charge in [-0.05, 0) is 0 Å². The van der Waals surface area contributed by atoms with Gasteiger partial charge < -0.3 is 0 Å². The van der Waals surface area contributed by atoms with E-state index in [2.05, 4.69) is 134 Å². The van der Waals surface area contributed by atoms with Crippen LogP contribution in [0.15, 0.2) is 96.1 Å². The minimum absolute atomic E-state index is 0.178. The van der Waals surface area contributed by atoms with Gasteiger partial charge in [-0.15, -0.1) is 0 Å². The third-order valence-electron chi connectivity index (χ3n) is 11.2. The first-order valence-electron chi connectivity index (χ1n) is 17.4. The first-order valence-corrected chi connectivity index (χ1v) is 28.7. The maximum atomic E-state index is 5.98. The second-order valence-electron chi connectivity index (χ2n) is 15.2. The molecule has 0 amide bonds. The van der Waals surface area contributed by atoms with Crippen molar-refractivity contribution in [3.63, 3.8) is 0 Å². The van der Waals surface area contributed by atoms with Crippen molar-refractivity contribution in [1.82, 2.24) is 0 Å². The standard InChI is InChI=1S/C41H40O2.2CH3.Hf/c1-27(2)42-35-17-13-29(14-18-35)37-11-7-9-31-23-33(25-39(31)37)41(21-5-6-22-41)34-24-32-10-8-12-38(40(32)26-34)30-15-19-36(20-16-30)43-28(3)4;;;/h7-20,23-28H,5-6,21-22H2,1-4H3;2*1H3;. The zero-order chi connectivity index (χ0) is 31.8. The van der Waals surface area contributed by atoms with Crippen molar-refractivity contribution >= 4 is 12.2 Å². The molecule has 3 heteroatoms. The molecule has 8 rings (SSSR count). The molecule has 0 N–H and O–H groups in total. The van der Waals surface area contributed by atoms with Crippen LogP contribution in [-0.2, 0) is 20.0 Å². The Balaban J connectivity index is 1.25. The molecule has 2 atom stereocenters. The summed E-state index contributed by atoms with van der Waals surface area (Å²) in [6.45, 7) is 8.35. The molecule has 234 valence electrons. The van der Waals surface area contributed by atoms with Gasteiger partial charge in [0.15, 0.2) is 0 Å². The van der Waals surface area contributed by atoms with Gasteiger partial charge in [-0.25, -0.2) is 0 Å². The first-order chi connectivity index (χ1) is 22.2. The summed E-state index contributed by atoms with van der Waals surface area (Å²) in [6.07, 6.45) is 11.0. The van der Waals surface area contributed by atoms with E-state index in [4.69, 9.17) is 9.47 Å². The second kappa shape index (κ2) is 11.2. The number of hydrogen-bond donors (Lipinski definition) is 0. The molecule has 1 aliphatic heterocycles. The molecule has 3 aliphatic carbocycles. The Bertz CT molecular complexity index is 1740. The van der Waals surface area contributed by atoms with Crippen LogP contribution in [0.4, 0.5) is 0 Å². The van der Waals surface area contributed by atoms with E-state index >= 15 is 0 Å². The number of rotatable bonds is 6. The summed E-state index contributed by atoms with van der Waals surface area (Å²) < 4.78 is 18.7. The molecule has 4 aliphatic rings. The van der Waals surface area contributed by atoms with E-state index in [1.54, 1.807) is 22.3 Å². The summed E-state index contributed by atoms with van der Waals surface area (Å²) in [7, 11) is 0. The van der Waals surface area contributed by atoms with Crippen LogP contribution in [0.2, 0.25) is 9.36 Å². The van der Waals surface area contributed by atoms with Crippen molar-refractivity contribution in [2.75, 3.05) is 0 Å². The summed E-state index contributed by atoms with van der Waals surface area (Å²) in [6, 6.07) is 31.9. The van der Waals surface area contributed by atoms with Crippen LogP contribution in [0, 0.1) is 5.41 Å². The molecule has 1 spiro atoms. The number of ether oxygens (including phenoxy) is 2. The Morgan fingerprint density at radius 2 is 1.00 bits per heavy atom. The monoisotopic (exact) mass is 774 g/mol. The van der Waals surface area contributed by atoms with Gasteiger partial charge in [0.05, 0.1) is 0 Å². The first kappa shape index (κ1) is 30.2. The average Bonchev–Trinajstić information content (AvgIpc) is 3.77. The normalized spacial score (nSPS) is 21.5. The molecule has 1 saturated carbocycles. The quantitative estimate of drug-likeness (QED) is 0.182. The van der Waals surface area contributed by atoms with Crippen molar-refractivity contribution in [2.45, 2.75) is 82.3 Å². The zero-order valence-electron chi connectivity index (χ0n) is 28.2. The molecule has 2 nitrogen and oxygen atoms in total. The molecular formula is C43H46HfO2. The van der Waals surface area contributed by atoms with E-state index in [1.165, 1.54) is 59.1 Å². The van der Waals surface area contributed by atoms with E-state index in [-0.39, 0.29) is 17.6 Å². The van der Waals surface area contributed by atoms with Gasteiger partial charge in [-0.2, -0.15) is 0 Å². The van der Waals surface area contributed by atoms with Crippen LogP contribution in [0.3, 0.4) is 0 Å². The third kappa shape index (κ3) is 4.67. The summed E-state index contributed by atoms with van der Waals surface area (Å²) in [4.78, 5) is 0. The molecule has 4 aromatic carbocycles. The van der Waals surface area contributed by atoms with Gasteiger partial charge in [-0.3, -0.25) is 0 Å². The Hall–Kier alpha value is -3.17. The van der Waals surface area contributed by atoms with Gasteiger partial charge >= 0.3 is 281 Å². The van der Waals surface area contributed by atoms with Crippen LogP contribution < -0.4 is 9.47 Å². The zero-order valence-corrected chi connectivity index (χ0v) is 31.8. The van der Waals surface area contributed by atoms with Crippen LogP contribution in [0.25, 0.3) is 34.4 Å². The maximum absolute atomic E-state index is 5.98. The van der Waals surface area contributed by atoms with E-state index in [1.807, 2.05) is 0 Å². The van der Waals surface area contributed by atoms with E-state index < -0.39 is 20.0 Å². The predicted molar refractivity (Wildman–Crippen MR) is 189 cm³/mol. The molecule has 1 heterocycles. The second-order valence-corrected chi connectivity index (χ2v) is 32.4.